The number of piperidine rings is 1. The van der Waals surface area contributed by atoms with Gasteiger partial charge in [0.1, 0.15) is 0 Å². The van der Waals surface area contributed by atoms with E-state index < -0.39 is 0 Å². The summed E-state index contributed by atoms with van der Waals surface area (Å²) in [6.07, 6.45) is 8.59. The summed E-state index contributed by atoms with van der Waals surface area (Å²) in [5.74, 6) is 2.94. The Morgan fingerprint density at radius 2 is 2.05 bits per heavy atom. The van der Waals surface area contributed by atoms with E-state index in [0.29, 0.717) is 24.2 Å². The molecule has 3 nitrogen and oxygen atoms in total. The molecule has 0 radical (unpaired) electrons. The van der Waals surface area contributed by atoms with E-state index in [1.165, 1.54) is 38.5 Å². The van der Waals surface area contributed by atoms with Crippen molar-refractivity contribution in [3.8, 4) is 0 Å². The monoisotopic (exact) mass is 280 g/mol. The molecule has 3 heteroatoms. The molecule has 1 heterocycles. The van der Waals surface area contributed by atoms with Crippen molar-refractivity contribution < 1.29 is 4.79 Å². The van der Waals surface area contributed by atoms with E-state index in [9.17, 15) is 4.79 Å². The highest BCUT2D eigenvalue weighted by Gasteiger charge is 2.24. The molecule has 2 aliphatic rings. The summed E-state index contributed by atoms with van der Waals surface area (Å²) in [5.41, 5.74) is 0. The van der Waals surface area contributed by atoms with Gasteiger partial charge in [-0.3, -0.25) is 4.79 Å². The zero-order valence-corrected chi connectivity index (χ0v) is 13.3. The van der Waals surface area contributed by atoms with Crippen molar-refractivity contribution in [1.29, 1.82) is 0 Å². The van der Waals surface area contributed by atoms with Crippen LogP contribution in [-0.4, -0.2) is 25.5 Å². The lowest BCUT2D eigenvalue weighted by atomic mass is 9.80. The molecule has 116 valence electrons. The standard InChI is InChI=1S/C17H32N2O/c1-13-6-3-4-7-16(13)12-19-17(20)10-14(2)15-8-5-9-18-11-15/h13-16,18H,3-12H2,1-2H3,(H,19,20). The molecule has 1 saturated heterocycles. The highest BCUT2D eigenvalue weighted by atomic mass is 16.1. The molecule has 0 aromatic rings. The Morgan fingerprint density at radius 1 is 1.25 bits per heavy atom. The molecule has 4 unspecified atom stereocenters. The first-order chi connectivity index (χ1) is 9.66. The first kappa shape index (κ1) is 15.8. The molecule has 1 aliphatic carbocycles. The minimum atomic E-state index is 0.265. The SMILES string of the molecule is CC(CC(=O)NCC1CCCCC1C)C1CCCNC1. The van der Waals surface area contributed by atoms with Gasteiger partial charge in [-0.2, -0.15) is 0 Å². The van der Waals surface area contributed by atoms with E-state index >= 15 is 0 Å². The number of amides is 1. The fourth-order valence-corrected chi connectivity index (χ4v) is 3.84. The minimum absolute atomic E-state index is 0.265. The summed E-state index contributed by atoms with van der Waals surface area (Å²) in [6, 6.07) is 0. The molecule has 2 rings (SSSR count). The van der Waals surface area contributed by atoms with Gasteiger partial charge < -0.3 is 10.6 Å². The summed E-state index contributed by atoms with van der Waals surface area (Å²) in [7, 11) is 0. The second kappa shape index (κ2) is 8.02. The van der Waals surface area contributed by atoms with E-state index in [0.717, 1.165) is 25.6 Å². The number of hydrogen-bond donors (Lipinski definition) is 2. The molecule has 0 aromatic heterocycles. The molecule has 0 aromatic carbocycles. The van der Waals surface area contributed by atoms with Crippen LogP contribution in [0.1, 0.15) is 58.8 Å². The van der Waals surface area contributed by atoms with Crippen LogP contribution < -0.4 is 10.6 Å². The zero-order chi connectivity index (χ0) is 14.4. The van der Waals surface area contributed by atoms with Gasteiger partial charge in [0.25, 0.3) is 0 Å². The Labute approximate surface area is 124 Å². The van der Waals surface area contributed by atoms with Gasteiger partial charge in [-0.15, -0.1) is 0 Å². The average molecular weight is 280 g/mol. The molecule has 2 N–H and O–H groups in total. The molecular weight excluding hydrogens is 248 g/mol. The third-order valence-electron chi connectivity index (χ3n) is 5.50. The van der Waals surface area contributed by atoms with Crippen molar-refractivity contribution in [2.45, 2.75) is 58.8 Å². The molecule has 0 bridgehead atoms. The lowest BCUT2D eigenvalue weighted by Crippen LogP contribution is -2.37. The Morgan fingerprint density at radius 3 is 2.75 bits per heavy atom. The Bertz CT molecular complexity index is 299. The molecule has 1 aliphatic heterocycles. The highest BCUT2D eigenvalue weighted by molar-refractivity contribution is 5.76. The van der Waals surface area contributed by atoms with Gasteiger partial charge in [0.2, 0.25) is 5.91 Å². The third-order valence-corrected chi connectivity index (χ3v) is 5.50. The van der Waals surface area contributed by atoms with Crippen LogP contribution in [-0.2, 0) is 4.79 Å². The van der Waals surface area contributed by atoms with E-state index in [2.05, 4.69) is 24.5 Å². The van der Waals surface area contributed by atoms with Crippen molar-refractivity contribution in [2.24, 2.45) is 23.7 Å². The van der Waals surface area contributed by atoms with E-state index in [-0.39, 0.29) is 5.91 Å². The molecule has 4 atom stereocenters. The zero-order valence-electron chi connectivity index (χ0n) is 13.3. The quantitative estimate of drug-likeness (QED) is 0.813. The minimum Gasteiger partial charge on any atom is -0.356 e. The molecule has 20 heavy (non-hydrogen) atoms. The maximum atomic E-state index is 12.1. The van der Waals surface area contributed by atoms with Crippen LogP contribution in [0.5, 0.6) is 0 Å². The number of hydrogen-bond acceptors (Lipinski definition) is 2. The summed E-state index contributed by atoms with van der Waals surface area (Å²) < 4.78 is 0. The predicted octanol–water partition coefficient (Wildman–Crippen LogP) is 2.95. The number of nitrogens with one attached hydrogen (secondary N) is 2. The van der Waals surface area contributed by atoms with Crippen LogP contribution in [0, 0.1) is 23.7 Å². The fourth-order valence-electron chi connectivity index (χ4n) is 3.84. The normalized spacial score (nSPS) is 32.6. The van der Waals surface area contributed by atoms with Crippen LogP contribution in [0.4, 0.5) is 0 Å². The number of carbonyl (C=O) groups excluding carboxylic acids is 1. The summed E-state index contributed by atoms with van der Waals surface area (Å²) in [4.78, 5) is 12.1. The van der Waals surface area contributed by atoms with Crippen molar-refractivity contribution in [3.05, 3.63) is 0 Å². The largest absolute Gasteiger partial charge is 0.356 e. The predicted molar refractivity (Wildman–Crippen MR) is 83.5 cm³/mol. The van der Waals surface area contributed by atoms with Crippen LogP contribution in [0.15, 0.2) is 0 Å². The third kappa shape index (κ3) is 4.76. The summed E-state index contributed by atoms with van der Waals surface area (Å²) in [5, 5.41) is 6.64. The average Bonchev–Trinajstić information content (AvgIpc) is 2.47. The topological polar surface area (TPSA) is 41.1 Å². The van der Waals surface area contributed by atoms with Gasteiger partial charge in [0.15, 0.2) is 0 Å². The van der Waals surface area contributed by atoms with E-state index in [1.807, 2.05) is 0 Å². The number of rotatable bonds is 5. The highest BCUT2D eigenvalue weighted by Crippen LogP contribution is 2.29. The van der Waals surface area contributed by atoms with E-state index in [4.69, 9.17) is 0 Å². The maximum Gasteiger partial charge on any atom is 0.220 e. The Kier molecular flexibility index (Phi) is 6.34. The molecular formula is C17H32N2O. The molecule has 1 amide bonds. The van der Waals surface area contributed by atoms with Crippen LogP contribution in [0.3, 0.4) is 0 Å². The van der Waals surface area contributed by atoms with Crippen LogP contribution in [0.25, 0.3) is 0 Å². The lowest BCUT2D eigenvalue weighted by molar-refractivity contribution is -0.122. The van der Waals surface area contributed by atoms with E-state index in [1.54, 1.807) is 0 Å². The van der Waals surface area contributed by atoms with Crippen LogP contribution >= 0.6 is 0 Å². The van der Waals surface area contributed by atoms with Crippen molar-refractivity contribution in [2.75, 3.05) is 19.6 Å². The van der Waals surface area contributed by atoms with Gasteiger partial charge in [-0.25, -0.2) is 0 Å². The van der Waals surface area contributed by atoms with Gasteiger partial charge in [0, 0.05) is 13.0 Å². The number of carbonyl (C=O) groups is 1. The van der Waals surface area contributed by atoms with Gasteiger partial charge in [0.05, 0.1) is 0 Å². The fraction of sp³-hybridized carbons (Fsp3) is 0.941. The van der Waals surface area contributed by atoms with Crippen molar-refractivity contribution >= 4 is 5.91 Å². The van der Waals surface area contributed by atoms with Crippen molar-refractivity contribution in [3.63, 3.8) is 0 Å². The van der Waals surface area contributed by atoms with Gasteiger partial charge in [-0.1, -0.05) is 33.1 Å². The Balaban J connectivity index is 1.66. The second-order valence-electron chi connectivity index (χ2n) is 7.11. The maximum absolute atomic E-state index is 12.1. The van der Waals surface area contributed by atoms with Crippen molar-refractivity contribution in [1.82, 2.24) is 10.6 Å². The molecule has 2 fully saturated rings. The Hall–Kier alpha value is -0.570. The summed E-state index contributed by atoms with van der Waals surface area (Å²) >= 11 is 0. The van der Waals surface area contributed by atoms with Crippen LogP contribution in [0.2, 0.25) is 0 Å². The first-order valence-electron chi connectivity index (χ1n) is 8.64. The molecule has 1 saturated carbocycles. The lowest BCUT2D eigenvalue weighted by Gasteiger charge is -2.30. The van der Waals surface area contributed by atoms with Gasteiger partial charge in [-0.05, 0) is 56.0 Å². The second-order valence-corrected chi connectivity index (χ2v) is 7.11. The molecule has 0 spiro atoms. The summed E-state index contributed by atoms with van der Waals surface area (Å²) in [6.45, 7) is 7.71. The van der Waals surface area contributed by atoms with Gasteiger partial charge >= 0.3 is 0 Å². The smallest absolute Gasteiger partial charge is 0.220 e. The first-order valence-corrected chi connectivity index (χ1v) is 8.64.